The lowest BCUT2D eigenvalue weighted by molar-refractivity contribution is -0.116. The predicted octanol–water partition coefficient (Wildman–Crippen LogP) is 3.85. The number of unbranched alkanes of at least 4 members (excludes halogenated alkanes) is 1. The molecule has 0 radical (unpaired) electrons. The van der Waals surface area contributed by atoms with Gasteiger partial charge in [0.1, 0.15) is 0 Å². The molecule has 2 aromatic rings. The van der Waals surface area contributed by atoms with Crippen LogP contribution in [-0.4, -0.2) is 23.5 Å². The van der Waals surface area contributed by atoms with Crippen LogP contribution in [0.5, 0.6) is 0 Å². The Hall–Kier alpha value is -2.41. The van der Waals surface area contributed by atoms with Gasteiger partial charge in [-0.1, -0.05) is 37.6 Å². The average Bonchev–Trinajstić information content (AvgIpc) is 2.95. The van der Waals surface area contributed by atoms with Crippen LogP contribution in [0.4, 0.5) is 9.93 Å². The van der Waals surface area contributed by atoms with Crippen molar-refractivity contribution in [1.29, 1.82) is 0 Å². The zero-order chi connectivity index (χ0) is 18.9. The maximum Gasteiger partial charge on any atom is 0.312 e. The molecule has 0 aliphatic heterocycles. The van der Waals surface area contributed by atoms with E-state index < -0.39 is 6.03 Å². The van der Waals surface area contributed by atoms with Crippen molar-refractivity contribution in [2.75, 3.05) is 11.9 Å². The number of benzene rings is 1. The number of primary amides is 1. The number of anilines is 1. The van der Waals surface area contributed by atoms with E-state index in [9.17, 15) is 9.59 Å². The zero-order valence-corrected chi connectivity index (χ0v) is 16.1. The second kappa shape index (κ2) is 9.91. The van der Waals surface area contributed by atoms with Gasteiger partial charge in [-0.05, 0) is 31.7 Å². The van der Waals surface area contributed by atoms with Crippen LogP contribution in [0.2, 0.25) is 0 Å². The Labute approximate surface area is 158 Å². The van der Waals surface area contributed by atoms with E-state index in [1.807, 2.05) is 6.92 Å². The molecule has 0 bridgehead atoms. The lowest BCUT2D eigenvalue weighted by Gasteiger charge is -2.03. The summed E-state index contributed by atoms with van der Waals surface area (Å²) in [6.45, 7) is 4.66. The first-order valence-corrected chi connectivity index (χ1v) is 9.71. The summed E-state index contributed by atoms with van der Waals surface area (Å²) >= 11 is 1.48. The average molecular weight is 375 g/mol. The Morgan fingerprint density at radius 2 is 1.92 bits per heavy atom. The zero-order valence-electron chi connectivity index (χ0n) is 15.3. The Morgan fingerprint density at radius 3 is 2.58 bits per heavy atom. The molecule has 1 aromatic carbocycles. The number of aryl methyl sites for hydroxylation is 2. The molecule has 0 atom stereocenters. The predicted molar refractivity (Wildman–Crippen MR) is 106 cm³/mol. The summed E-state index contributed by atoms with van der Waals surface area (Å²) < 4.78 is 0. The normalized spacial score (nSPS) is 10.5. The number of carbonyl (C=O) groups excluding carboxylic acids is 2. The van der Waals surface area contributed by atoms with Gasteiger partial charge in [-0.3, -0.25) is 4.79 Å². The second-order valence-electron chi connectivity index (χ2n) is 6.17. The molecular formula is C19H26N4O2S. The molecule has 4 N–H and O–H groups in total. The Balaban J connectivity index is 1.88. The van der Waals surface area contributed by atoms with Gasteiger partial charge in [0.2, 0.25) is 5.91 Å². The summed E-state index contributed by atoms with van der Waals surface area (Å²) in [5.41, 5.74) is 8.29. The largest absolute Gasteiger partial charge is 0.352 e. The van der Waals surface area contributed by atoms with E-state index in [0.29, 0.717) is 30.9 Å². The molecule has 1 heterocycles. The Morgan fingerprint density at radius 1 is 1.19 bits per heavy atom. The van der Waals surface area contributed by atoms with Gasteiger partial charge in [-0.15, -0.1) is 11.3 Å². The highest BCUT2D eigenvalue weighted by atomic mass is 32.1. The maximum absolute atomic E-state index is 12.0. The van der Waals surface area contributed by atoms with Gasteiger partial charge in [0.05, 0.1) is 5.69 Å². The van der Waals surface area contributed by atoms with Crippen LogP contribution >= 0.6 is 11.3 Å². The van der Waals surface area contributed by atoms with Crippen LogP contribution in [0.1, 0.15) is 43.0 Å². The van der Waals surface area contributed by atoms with Crippen molar-refractivity contribution in [3.05, 3.63) is 34.7 Å². The first kappa shape index (κ1) is 19.9. The van der Waals surface area contributed by atoms with Gasteiger partial charge in [-0.2, -0.15) is 0 Å². The Bertz CT molecular complexity index is 740. The molecule has 0 fully saturated rings. The fourth-order valence-corrected chi connectivity index (χ4v) is 3.49. The number of hydrogen-bond donors (Lipinski definition) is 3. The summed E-state index contributed by atoms with van der Waals surface area (Å²) in [5.74, 6) is -0.0670. The molecule has 0 spiro atoms. The minimum Gasteiger partial charge on any atom is -0.352 e. The molecule has 0 unspecified atom stereocenters. The summed E-state index contributed by atoms with van der Waals surface area (Å²) in [4.78, 5) is 28.2. The van der Waals surface area contributed by atoms with E-state index in [1.165, 1.54) is 16.9 Å². The highest BCUT2D eigenvalue weighted by Crippen LogP contribution is 2.30. The van der Waals surface area contributed by atoms with Crippen molar-refractivity contribution < 1.29 is 9.59 Å². The first-order valence-electron chi connectivity index (χ1n) is 8.89. The number of nitrogens with zero attached hydrogens (tertiary/aromatic N) is 1. The van der Waals surface area contributed by atoms with E-state index in [1.54, 1.807) is 0 Å². The van der Waals surface area contributed by atoms with Crippen LogP contribution in [0.15, 0.2) is 24.3 Å². The van der Waals surface area contributed by atoms with E-state index in [4.69, 9.17) is 5.73 Å². The fraction of sp³-hybridized carbons (Fsp3) is 0.421. The van der Waals surface area contributed by atoms with Crippen molar-refractivity contribution in [3.8, 4) is 11.3 Å². The highest BCUT2D eigenvalue weighted by Gasteiger charge is 2.12. The number of hydrogen-bond acceptors (Lipinski definition) is 4. The van der Waals surface area contributed by atoms with Crippen molar-refractivity contribution >= 4 is 28.4 Å². The minimum atomic E-state index is -0.539. The molecule has 26 heavy (non-hydrogen) atoms. The Kier molecular flexibility index (Phi) is 7.59. The summed E-state index contributed by atoms with van der Waals surface area (Å²) in [5, 5.41) is 5.99. The van der Waals surface area contributed by atoms with Crippen molar-refractivity contribution in [3.63, 3.8) is 0 Å². The quantitative estimate of drug-likeness (QED) is 0.582. The first-order chi connectivity index (χ1) is 12.5. The molecule has 0 saturated carbocycles. The van der Waals surface area contributed by atoms with Gasteiger partial charge in [0, 0.05) is 23.4 Å². The van der Waals surface area contributed by atoms with Gasteiger partial charge in [-0.25, -0.2) is 9.78 Å². The number of rotatable bonds is 9. The number of nitrogens with one attached hydrogen (secondary N) is 2. The topological polar surface area (TPSA) is 97.1 Å². The van der Waals surface area contributed by atoms with E-state index in [2.05, 4.69) is 46.8 Å². The molecular weight excluding hydrogens is 348 g/mol. The maximum atomic E-state index is 12.0. The van der Waals surface area contributed by atoms with Gasteiger partial charge in [0.15, 0.2) is 5.13 Å². The van der Waals surface area contributed by atoms with E-state index in [-0.39, 0.29) is 5.91 Å². The van der Waals surface area contributed by atoms with Crippen molar-refractivity contribution in [2.24, 2.45) is 5.73 Å². The van der Waals surface area contributed by atoms with Gasteiger partial charge in [0.25, 0.3) is 0 Å². The lowest BCUT2D eigenvalue weighted by Crippen LogP contribution is -2.30. The number of aromatic nitrogens is 1. The van der Waals surface area contributed by atoms with Crippen LogP contribution in [0, 0.1) is 6.92 Å². The molecule has 3 amide bonds. The molecule has 1 aromatic heterocycles. The van der Waals surface area contributed by atoms with Crippen LogP contribution < -0.4 is 16.4 Å². The number of thiazole rings is 1. The second-order valence-corrected chi connectivity index (χ2v) is 7.37. The van der Waals surface area contributed by atoms with E-state index >= 15 is 0 Å². The number of nitrogens with two attached hydrogens (primary N) is 1. The molecule has 6 nitrogen and oxygen atoms in total. The molecule has 2 rings (SSSR count). The van der Waals surface area contributed by atoms with E-state index in [0.717, 1.165) is 29.0 Å². The van der Waals surface area contributed by atoms with Crippen molar-refractivity contribution in [1.82, 2.24) is 10.3 Å². The summed E-state index contributed by atoms with van der Waals surface area (Å²) in [6.07, 6.45) is 3.99. The molecule has 140 valence electrons. The SMILES string of the molecule is CCCc1ccc(-c2nc(NC(=O)CCCCNC(N)=O)sc2C)cc1. The molecule has 0 aliphatic rings. The molecule has 7 heteroatoms. The summed E-state index contributed by atoms with van der Waals surface area (Å²) in [7, 11) is 0. The third kappa shape index (κ3) is 6.15. The van der Waals surface area contributed by atoms with Crippen molar-refractivity contribution in [2.45, 2.75) is 46.0 Å². The third-order valence-electron chi connectivity index (χ3n) is 3.94. The summed E-state index contributed by atoms with van der Waals surface area (Å²) in [6, 6.07) is 7.91. The third-order valence-corrected chi connectivity index (χ3v) is 4.83. The highest BCUT2D eigenvalue weighted by molar-refractivity contribution is 7.16. The molecule has 0 saturated heterocycles. The molecule has 0 aliphatic carbocycles. The van der Waals surface area contributed by atoms with Gasteiger partial charge < -0.3 is 16.4 Å². The standard InChI is InChI=1S/C19H26N4O2S/c1-3-6-14-8-10-15(11-9-14)17-13(2)26-19(23-17)22-16(24)7-4-5-12-21-18(20)25/h8-11H,3-7,12H2,1-2H3,(H3,20,21,25)(H,22,23,24). The fourth-order valence-electron chi connectivity index (χ4n) is 2.64. The van der Waals surface area contributed by atoms with Crippen LogP contribution in [-0.2, 0) is 11.2 Å². The number of urea groups is 1. The van der Waals surface area contributed by atoms with Crippen LogP contribution in [0.3, 0.4) is 0 Å². The lowest BCUT2D eigenvalue weighted by atomic mass is 10.1. The monoisotopic (exact) mass is 374 g/mol. The number of carbonyl (C=O) groups is 2. The van der Waals surface area contributed by atoms with Crippen LogP contribution in [0.25, 0.3) is 11.3 Å². The van der Waals surface area contributed by atoms with Gasteiger partial charge >= 0.3 is 6.03 Å². The smallest absolute Gasteiger partial charge is 0.312 e. The minimum absolute atomic E-state index is 0.0670. The number of amides is 3.